The predicted molar refractivity (Wildman–Crippen MR) is 101 cm³/mol. The molecule has 0 radical (unpaired) electrons. The first-order chi connectivity index (χ1) is 11.7. The number of nitrogens with one attached hydrogen (secondary N) is 3. The fourth-order valence-corrected chi connectivity index (χ4v) is 2.55. The molecule has 0 aromatic rings. The van der Waals surface area contributed by atoms with Crippen LogP contribution < -0.4 is 16.0 Å². The van der Waals surface area contributed by atoms with Gasteiger partial charge in [-0.2, -0.15) is 0 Å². The molecule has 0 saturated carbocycles. The quantitative estimate of drug-likeness (QED) is 0.286. The minimum atomic E-state index is -0.204. The van der Waals surface area contributed by atoms with E-state index in [1.165, 1.54) is 57.8 Å². The van der Waals surface area contributed by atoms with Crippen molar-refractivity contribution in [1.82, 2.24) is 16.0 Å². The second-order valence-electron chi connectivity index (χ2n) is 6.49. The van der Waals surface area contributed by atoms with E-state index in [9.17, 15) is 9.59 Å². The van der Waals surface area contributed by atoms with E-state index in [2.05, 4.69) is 29.8 Å². The van der Waals surface area contributed by atoms with Gasteiger partial charge in [0.1, 0.15) is 0 Å². The summed E-state index contributed by atoms with van der Waals surface area (Å²) in [5.41, 5.74) is 0. The molecule has 0 aliphatic carbocycles. The molecule has 0 aromatic carbocycles. The normalized spacial score (nSPS) is 10.4. The van der Waals surface area contributed by atoms with Crippen LogP contribution in [0.15, 0.2) is 0 Å². The number of amides is 3. The summed E-state index contributed by atoms with van der Waals surface area (Å²) in [4.78, 5) is 23.1. The number of unbranched alkanes of at least 4 members (excludes halogenated alkanes) is 10. The third-order valence-corrected chi connectivity index (χ3v) is 4.11. The summed E-state index contributed by atoms with van der Waals surface area (Å²) in [7, 11) is 0. The largest absolute Gasteiger partial charge is 0.339 e. The van der Waals surface area contributed by atoms with E-state index < -0.39 is 0 Å². The van der Waals surface area contributed by atoms with Crippen LogP contribution in [-0.4, -0.2) is 25.2 Å². The average Bonchev–Trinajstić information content (AvgIpc) is 2.57. The molecular weight excluding hydrogens is 302 g/mol. The smallest absolute Gasteiger partial charge is 0.316 e. The lowest BCUT2D eigenvalue weighted by Gasteiger charge is -2.09. The lowest BCUT2D eigenvalue weighted by Crippen LogP contribution is -2.42. The Bertz CT molecular complexity index is 309. The summed E-state index contributed by atoms with van der Waals surface area (Å²) < 4.78 is 0. The number of hydrogen-bond acceptors (Lipinski definition) is 2. The number of hydrogen-bond donors (Lipinski definition) is 3. The fourth-order valence-electron chi connectivity index (χ4n) is 2.55. The highest BCUT2D eigenvalue weighted by molar-refractivity contribution is 5.77. The van der Waals surface area contributed by atoms with Gasteiger partial charge in [-0.15, -0.1) is 0 Å². The van der Waals surface area contributed by atoms with Crippen molar-refractivity contribution in [3.8, 4) is 0 Å². The maximum atomic E-state index is 11.6. The van der Waals surface area contributed by atoms with E-state index in [1.54, 1.807) is 0 Å². The molecule has 5 nitrogen and oxygen atoms in total. The van der Waals surface area contributed by atoms with E-state index in [-0.39, 0.29) is 18.6 Å². The van der Waals surface area contributed by atoms with E-state index >= 15 is 0 Å². The molecule has 0 saturated heterocycles. The number of carbonyl (C=O) groups excluding carboxylic acids is 2. The Morgan fingerprint density at radius 3 is 1.79 bits per heavy atom. The van der Waals surface area contributed by atoms with Crippen molar-refractivity contribution in [3.05, 3.63) is 0 Å². The van der Waals surface area contributed by atoms with Crippen LogP contribution in [-0.2, 0) is 4.79 Å². The Morgan fingerprint density at radius 1 is 0.625 bits per heavy atom. The average molecular weight is 342 g/mol. The van der Waals surface area contributed by atoms with E-state index in [1.807, 2.05) is 0 Å². The minimum Gasteiger partial charge on any atom is -0.339 e. The second-order valence-corrected chi connectivity index (χ2v) is 6.49. The van der Waals surface area contributed by atoms with E-state index in [0.717, 1.165) is 19.3 Å². The van der Waals surface area contributed by atoms with Crippen molar-refractivity contribution in [3.63, 3.8) is 0 Å². The van der Waals surface area contributed by atoms with Gasteiger partial charge in [0.25, 0.3) is 0 Å². The molecule has 142 valence electrons. The molecule has 0 aliphatic heterocycles. The topological polar surface area (TPSA) is 70.2 Å². The molecule has 0 fully saturated rings. The van der Waals surface area contributed by atoms with Crippen LogP contribution in [0.25, 0.3) is 0 Å². The Labute approximate surface area is 148 Å². The molecule has 3 N–H and O–H groups in total. The molecular formula is C19H39N3O2. The van der Waals surface area contributed by atoms with Crippen LogP contribution >= 0.6 is 0 Å². The van der Waals surface area contributed by atoms with Gasteiger partial charge in [-0.1, -0.05) is 78.1 Å². The van der Waals surface area contributed by atoms with Crippen LogP contribution in [0.3, 0.4) is 0 Å². The van der Waals surface area contributed by atoms with Crippen molar-refractivity contribution < 1.29 is 9.59 Å². The highest BCUT2D eigenvalue weighted by Gasteiger charge is 2.02. The molecule has 5 heteroatoms. The molecule has 0 atom stereocenters. The van der Waals surface area contributed by atoms with Gasteiger partial charge < -0.3 is 16.0 Å². The van der Waals surface area contributed by atoms with Gasteiger partial charge in [0.15, 0.2) is 0 Å². The molecule has 0 bridgehead atoms. The standard InChI is InChI=1S/C19H39N3O2/c1-3-5-7-9-10-11-12-14-16-20-19(24)22-17-21-18(23)15-13-8-6-4-2/h3-17H2,1-2H3,(H,21,23)(H2,20,22,24). The van der Waals surface area contributed by atoms with Gasteiger partial charge in [-0.05, 0) is 12.8 Å². The third kappa shape index (κ3) is 17.1. The zero-order valence-corrected chi connectivity index (χ0v) is 15.9. The van der Waals surface area contributed by atoms with Gasteiger partial charge in [0, 0.05) is 13.0 Å². The van der Waals surface area contributed by atoms with Gasteiger partial charge in [-0.25, -0.2) is 4.79 Å². The summed E-state index contributed by atoms with van der Waals surface area (Å²) in [6.07, 6.45) is 15.0. The summed E-state index contributed by atoms with van der Waals surface area (Å²) in [5.74, 6) is 0.00877. The van der Waals surface area contributed by atoms with Crippen molar-refractivity contribution >= 4 is 11.9 Å². The molecule has 3 amide bonds. The maximum Gasteiger partial charge on any atom is 0.316 e. The van der Waals surface area contributed by atoms with Gasteiger partial charge in [0.05, 0.1) is 6.67 Å². The highest BCUT2D eigenvalue weighted by Crippen LogP contribution is 2.07. The number of carbonyl (C=O) groups is 2. The molecule has 0 unspecified atom stereocenters. The van der Waals surface area contributed by atoms with Crippen molar-refractivity contribution in [2.24, 2.45) is 0 Å². The molecule has 0 rings (SSSR count). The molecule has 24 heavy (non-hydrogen) atoms. The zero-order chi connectivity index (χ0) is 17.9. The Kier molecular flexibility index (Phi) is 17.1. The van der Waals surface area contributed by atoms with Crippen LogP contribution in [0.5, 0.6) is 0 Å². The molecule has 0 aliphatic rings. The minimum absolute atomic E-state index is 0.00877. The molecule has 0 heterocycles. The maximum absolute atomic E-state index is 11.6. The van der Waals surface area contributed by atoms with Crippen LogP contribution in [0.2, 0.25) is 0 Å². The third-order valence-electron chi connectivity index (χ3n) is 4.11. The second kappa shape index (κ2) is 18.1. The van der Waals surface area contributed by atoms with Gasteiger partial charge in [-0.3, -0.25) is 4.79 Å². The highest BCUT2D eigenvalue weighted by atomic mass is 16.2. The van der Waals surface area contributed by atoms with Crippen LogP contribution in [0.4, 0.5) is 4.79 Å². The number of urea groups is 1. The van der Waals surface area contributed by atoms with Crippen LogP contribution in [0, 0.1) is 0 Å². The first-order valence-electron chi connectivity index (χ1n) is 9.99. The first kappa shape index (κ1) is 22.7. The van der Waals surface area contributed by atoms with Crippen LogP contribution in [0.1, 0.15) is 97.3 Å². The SMILES string of the molecule is CCCCCCCCCCNC(=O)NCNC(=O)CCCCCC. The Hall–Kier alpha value is -1.26. The Morgan fingerprint density at radius 2 is 1.17 bits per heavy atom. The summed E-state index contributed by atoms with van der Waals surface area (Å²) in [6.45, 7) is 5.29. The Balaban J connectivity index is 3.30. The zero-order valence-electron chi connectivity index (χ0n) is 15.9. The lowest BCUT2D eigenvalue weighted by atomic mass is 10.1. The summed E-state index contributed by atoms with van der Waals surface area (Å²) in [5, 5.41) is 8.20. The van der Waals surface area contributed by atoms with Gasteiger partial charge in [0.2, 0.25) is 5.91 Å². The van der Waals surface area contributed by atoms with E-state index in [0.29, 0.717) is 13.0 Å². The number of rotatable bonds is 16. The lowest BCUT2D eigenvalue weighted by molar-refractivity contribution is -0.121. The fraction of sp³-hybridized carbons (Fsp3) is 0.895. The van der Waals surface area contributed by atoms with Crippen molar-refractivity contribution in [1.29, 1.82) is 0 Å². The molecule has 0 spiro atoms. The predicted octanol–water partition coefficient (Wildman–Crippen LogP) is 4.47. The summed E-state index contributed by atoms with van der Waals surface area (Å²) in [6, 6.07) is -0.204. The van der Waals surface area contributed by atoms with E-state index in [4.69, 9.17) is 0 Å². The van der Waals surface area contributed by atoms with Crippen molar-refractivity contribution in [2.75, 3.05) is 13.2 Å². The van der Waals surface area contributed by atoms with Gasteiger partial charge >= 0.3 is 6.03 Å². The summed E-state index contributed by atoms with van der Waals surface area (Å²) >= 11 is 0. The molecule has 0 aromatic heterocycles. The monoisotopic (exact) mass is 341 g/mol. The van der Waals surface area contributed by atoms with Crippen molar-refractivity contribution in [2.45, 2.75) is 97.3 Å². The first-order valence-corrected chi connectivity index (χ1v) is 9.99.